The average Bonchev–Trinajstić information content (AvgIpc) is 2.61. The lowest BCUT2D eigenvalue weighted by Gasteiger charge is -2.15. The number of esters is 1. The van der Waals surface area contributed by atoms with Crippen LogP contribution in [-0.4, -0.2) is 25.0 Å². The Hall–Kier alpha value is -2.59. The average molecular weight is 344 g/mol. The molecule has 0 spiro atoms. The standard InChI is InChI=1S/C19H18ClNO3/c1-24-19(23)17(13-7-10-14-8-3-2-4-9-14)21-18(22)15-11-5-6-12-16(15)20/h2-12,17H,13H2,1H3,(H,21,22)/b10-7+/t17-/m0/s1. The number of carbonyl (C=O) groups is 2. The van der Waals surface area contributed by atoms with E-state index < -0.39 is 17.9 Å². The van der Waals surface area contributed by atoms with Crippen LogP contribution in [0.4, 0.5) is 0 Å². The van der Waals surface area contributed by atoms with Crippen molar-refractivity contribution in [1.82, 2.24) is 5.32 Å². The highest BCUT2D eigenvalue weighted by atomic mass is 35.5. The van der Waals surface area contributed by atoms with E-state index in [1.165, 1.54) is 7.11 Å². The van der Waals surface area contributed by atoms with Gasteiger partial charge in [-0.3, -0.25) is 4.79 Å². The van der Waals surface area contributed by atoms with E-state index in [4.69, 9.17) is 16.3 Å². The summed E-state index contributed by atoms with van der Waals surface area (Å²) in [6, 6.07) is 15.6. The second kappa shape index (κ2) is 8.89. The van der Waals surface area contributed by atoms with Crippen LogP contribution in [0.3, 0.4) is 0 Å². The van der Waals surface area contributed by atoms with E-state index in [0.717, 1.165) is 5.56 Å². The molecule has 24 heavy (non-hydrogen) atoms. The highest BCUT2D eigenvalue weighted by Crippen LogP contribution is 2.15. The Bertz CT molecular complexity index is 728. The summed E-state index contributed by atoms with van der Waals surface area (Å²) < 4.78 is 4.76. The van der Waals surface area contributed by atoms with Crippen LogP contribution in [0.2, 0.25) is 5.02 Å². The van der Waals surface area contributed by atoms with E-state index in [9.17, 15) is 9.59 Å². The van der Waals surface area contributed by atoms with E-state index in [2.05, 4.69) is 5.32 Å². The summed E-state index contributed by atoms with van der Waals surface area (Å²) in [5.41, 5.74) is 1.33. The summed E-state index contributed by atoms with van der Waals surface area (Å²) in [4.78, 5) is 24.2. The van der Waals surface area contributed by atoms with Gasteiger partial charge in [-0.1, -0.05) is 66.2 Å². The maximum absolute atomic E-state index is 12.3. The maximum atomic E-state index is 12.3. The SMILES string of the molecule is COC(=O)[C@H](C/C=C/c1ccccc1)NC(=O)c1ccccc1Cl. The minimum absolute atomic E-state index is 0.317. The van der Waals surface area contributed by atoms with Crippen LogP contribution in [0.1, 0.15) is 22.3 Å². The van der Waals surface area contributed by atoms with Gasteiger partial charge >= 0.3 is 5.97 Å². The van der Waals surface area contributed by atoms with Gasteiger partial charge in [-0.25, -0.2) is 4.79 Å². The van der Waals surface area contributed by atoms with Crippen molar-refractivity contribution >= 4 is 29.6 Å². The fourth-order valence-electron chi connectivity index (χ4n) is 2.14. The van der Waals surface area contributed by atoms with Crippen molar-refractivity contribution in [2.24, 2.45) is 0 Å². The zero-order valence-electron chi connectivity index (χ0n) is 13.2. The summed E-state index contributed by atoms with van der Waals surface area (Å²) in [6.45, 7) is 0. The molecule has 4 nitrogen and oxygen atoms in total. The Labute approximate surface area is 146 Å². The smallest absolute Gasteiger partial charge is 0.328 e. The third kappa shape index (κ3) is 4.96. The Morgan fingerprint density at radius 3 is 2.46 bits per heavy atom. The van der Waals surface area contributed by atoms with Crippen LogP contribution in [0.15, 0.2) is 60.7 Å². The largest absolute Gasteiger partial charge is 0.467 e. The molecule has 0 fully saturated rings. The van der Waals surface area contributed by atoms with Crippen molar-refractivity contribution in [1.29, 1.82) is 0 Å². The van der Waals surface area contributed by atoms with Crippen LogP contribution in [0, 0.1) is 0 Å². The number of rotatable bonds is 6. The Balaban J connectivity index is 2.06. The second-order valence-electron chi connectivity index (χ2n) is 5.08. The summed E-state index contributed by atoms with van der Waals surface area (Å²) >= 11 is 6.01. The summed E-state index contributed by atoms with van der Waals surface area (Å²) in [5, 5.41) is 2.99. The number of hydrogen-bond acceptors (Lipinski definition) is 3. The molecule has 124 valence electrons. The molecule has 0 unspecified atom stereocenters. The van der Waals surface area contributed by atoms with Crippen LogP contribution >= 0.6 is 11.6 Å². The third-order valence-corrected chi connectivity index (χ3v) is 3.72. The third-order valence-electron chi connectivity index (χ3n) is 3.39. The molecule has 2 aromatic rings. The van der Waals surface area contributed by atoms with Gasteiger partial charge in [-0.05, 0) is 24.1 Å². The Morgan fingerprint density at radius 1 is 1.12 bits per heavy atom. The fraction of sp³-hybridized carbons (Fsp3) is 0.158. The van der Waals surface area contributed by atoms with Gasteiger partial charge in [0, 0.05) is 0 Å². The number of hydrogen-bond donors (Lipinski definition) is 1. The maximum Gasteiger partial charge on any atom is 0.328 e. The molecular formula is C19H18ClNO3. The number of amides is 1. The quantitative estimate of drug-likeness (QED) is 0.813. The molecule has 0 saturated heterocycles. The van der Waals surface area contributed by atoms with E-state index >= 15 is 0 Å². The Kier molecular flexibility index (Phi) is 6.58. The monoisotopic (exact) mass is 343 g/mol. The summed E-state index contributed by atoms with van der Waals surface area (Å²) in [6.07, 6.45) is 4.03. The second-order valence-corrected chi connectivity index (χ2v) is 5.49. The van der Waals surface area contributed by atoms with Gasteiger partial charge in [-0.2, -0.15) is 0 Å². The molecule has 0 aromatic heterocycles. The van der Waals surface area contributed by atoms with Crippen molar-refractivity contribution in [3.05, 3.63) is 76.8 Å². The lowest BCUT2D eigenvalue weighted by Crippen LogP contribution is -2.41. The number of benzene rings is 2. The van der Waals surface area contributed by atoms with Gasteiger partial charge in [0.2, 0.25) is 0 Å². The van der Waals surface area contributed by atoms with Crippen LogP contribution in [0.5, 0.6) is 0 Å². The molecule has 2 aromatic carbocycles. The van der Waals surface area contributed by atoms with Gasteiger partial charge in [-0.15, -0.1) is 0 Å². The van der Waals surface area contributed by atoms with Crippen molar-refractivity contribution in [3.63, 3.8) is 0 Å². The highest BCUT2D eigenvalue weighted by Gasteiger charge is 2.21. The van der Waals surface area contributed by atoms with Gasteiger partial charge in [0.15, 0.2) is 0 Å². The first kappa shape index (κ1) is 17.8. The number of halogens is 1. The van der Waals surface area contributed by atoms with Crippen LogP contribution in [-0.2, 0) is 9.53 Å². The first-order valence-corrected chi connectivity index (χ1v) is 7.84. The molecule has 2 rings (SSSR count). The lowest BCUT2D eigenvalue weighted by molar-refractivity contribution is -0.142. The molecule has 1 atom stereocenters. The molecule has 5 heteroatoms. The van der Waals surface area contributed by atoms with Crippen LogP contribution < -0.4 is 5.32 Å². The minimum Gasteiger partial charge on any atom is -0.467 e. The van der Waals surface area contributed by atoms with Gasteiger partial charge in [0.05, 0.1) is 17.7 Å². The predicted molar refractivity (Wildman–Crippen MR) is 94.8 cm³/mol. The van der Waals surface area contributed by atoms with E-state index in [0.29, 0.717) is 17.0 Å². The van der Waals surface area contributed by atoms with E-state index in [1.807, 2.05) is 42.5 Å². The fourth-order valence-corrected chi connectivity index (χ4v) is 2.36. The first-order valence-electron chi connectivity index (χ1n) is 7.46. The molecule has 0 aliphatic rings. The van der Waals surface area contributed by atoms with Crippen molar-refractivity contribution in [3.8, 4) is 0 Å². The molecule has 0 heterocycles. The number of carbonyl (C=O) groups excluding carboxylic acids is 2. The molecule has 0 aliphatic heterocycles. The first-order chi connectivity index (χ1) is 11.6. The topological polar surface area (TPSA) is 55.4 Å². The summed E-state index contributed by atoms with van der Waals surface area (Å²) in [5.74, 6) is -0.919. The van der Waals surface area contributed by atoms with Crippen molar-refractivity contribution in [2.75, 3.05) is 7.11 Å². The van der Waals surface area contributed by atoms with Gasteiger partial charge in [0.1, 0.15) is 6.04 Å². The number of methoxy groups -OCH3 is 1. The Morgan fingerprint density at radius 2 is 1.79 bits per heavy atom. The van der Waals surface area contributed by atoms with Crippen molar-refractivity contribution < 1.29 is 14.3 Å². The predicted octanol–water partition coefficient (Wildman–Crippen LogP) is 3.71. The minimum atomic E-state index is -0.779. The molecule has 0 radical (unpaired) electrons. The molecule has 0 bridgehead atoms. The van der Waals surface area contributed by atoms with Crippen LogP contribution in [0.25, 0.3) is 6.08 Å². The number of ether oxygens (including phenoxy) is 1. The molecular weight excluding hydrogens is 326 g/mol. The van der Waals surface area contributed by atoms with Gasteiger partial charge in [0.25, 0.3) is 5.91 Å². The highest BCUT2D eigenvalue weighted by molar-refractivity contribution is 6.33. The molecule has 0 aliphatic carbocycles. The molecule has 1 N–H and O–H groups in total. The zero-order chi connectivity index (χ0) is 17.4. The van der Waals surface area contributed by atoms with Crippen molar-refractivity contribution in [2.45, 2.75) is 12.5 Å². The molecule has 1 amide bonds. The lowest BCUT2D eigenvalue weighted by atomic mass is 10.1. The molecule has 0 saturated carbocycles. The summed E-state index contributed by atoms with van der Waals surface area (Å²) in [7, 11) is 1.29. The van der Waals surface area contributed by atoms with E-state index in [-0.39, 0.29) is 0 Å². The van der Waals surface area contributed by atoms with Gasteiger partial charge < -0.3 is 10.1 Å². The zero-order valence-corrected chi connectivity index (χ0v) is 14.0. The normalized spacial score (nSPS) is 11.9. The number of nitrogens with one attached hydrogen (secondary N) is 1. The van der Waals surface area contributed by atoms with E-state index in [1.54, 1.807) is 24.3 Å².